The van der Waals surface area contributed by atoms with Gasteiger partial charge in [0.2, 0.25) is 0 Å². The highest BCUT2D eigenvalue weighted by molar-refractivity contribution is 6.04. The number of nitrogens with two attached hydrogens (primary N) is 1. The monoisotopic (exact) mass is 415 g/mol. The van der Waals surface area contributed by atoms with Crippen molar-refractivity contribution >= 4 is 29.0 Å². The minimum Gasteiger partial charge on any atom is -0.399 e. The Bertz CT molecular complexity index is 1100. The molecule has 7 nitrogen and oxygen atoms in total. The van der Waals surface area contributed by atoms with Gasteiger partial charge in [0.1, 0.15) is 0 Å². The van der Waals surface area contributed by atoms with E-state index in [4.69, 9.17) is 5.73 Å². The van der Waals surface area contributed by atoms with Crippen molar-refractivity contribution in [1.82, 2.24) is 10.6 Å². The SMILES string of the molecule is Nc1ccc(NC(=O)NCc2cccc(NC(=O)c3ccc4c(c3)CCNC4)c2)cc1. The first-order valence-electron chi connectivity index (χ1n) is 10.2. The van der Waals surface area contributed by atoms with Crippen molar-refractivity contribution in [2.75, 3.05) is 22.9 Å². The molecule has 0 spiro atoms. The van der Waals surface area contributed by atoms with Gasteiger partial charge in [-0.25, -0.2) is 4.79 Å². The molecular weight excluding hydrogens is 390 g/mol. The van der Waals surface area contributed by atoms with Crippen LogP contribution in [0.5, 0.6) is 0 Å². The van der Waals surface area contributed by atoms with E-state index in [1.54, 1.807) is 24.3 Å². The van der Waals surface area contributed by atoms with Crippen LogP contribution < -0.4 is 27.0 Å². The van der Waals surface area contributed by atoms with Gasteiger partial charge in [-0.3, -0.25) is 4.79 Å². The third-order valence-corrected chi connectivity index (χ3v) is 5.16. The van der Waals surface area contributed by atoms with Gasteiger partial charge in [0.05, 0.1) is 0 Å². The fourth-order valence-electron chi connectivity index (χ4n) is 3.50. The van der Waals surface area contributed by atoms with Gasteiger partial charge in [0.25, 0.3) is 5.91 Å². The van der Waals surface area contributed by atoms with Gasteiger partial charge >= 0.3 is 6.03 Å². The van der Waals surface area contributed by atoms with Crippen LogP contribution in [0.15, 0.2) is 66.7 Å². The maximum absolute atomic E-state index is 12.7. The molecule has 3 aromatic rings. The molecule has 0 bridgehead atoms. The van der Waals surface area contributed by atoms with Crippen molar-refractivity contribution < 1.29 is 9.59 Å². The summed E-state index contributed by atoms with van der Waals surface area (Å²) in [6, 6.07) is 19.9. The molecule has 0 saturated carbocycles. The average molecular weight is 415 g/mol. The molecule has 0 aliphatic carbocycles. The minimum atomic E-state index is -0.317. The van der Waals surface area contributed by atoms with E-state index in [9.17, 15) is 9.59 Å². The molecule has 158 valence electrons. The first-order valence-corrected chi connectivity index (χ1v) is 10.2. The Labute approximate surface area is 181 Å². The molecular formula is C24H25N5O2. The first kappa shape index (κ1) is 20.4. The number of rotatable bonds is 5. The highest BCUT2D eigenvalue weighted by Gasteiger charge is 2.13. The van der Waals surface area contributed by atoms with Gasteiger partial charge in [-0.1, -0.05) is 18.2 Å². The van der Waals surface area contributed by atoms with Gasteiger partial charge in [-0.15, -0.1) is 0 Å². The zero-order valence-corrected chi connectivity index (χ0v) is 17.1. The van der Waals surface area contributed by atoms with Gasteiger partial charge in [0.15, 0.2) is 0 Å². The summed E-state index contributed by atoms with van der Waals surface area (Å²) in [6.07, 6.45) is 0.927. The summed E-state index contributed by atoms with van der Waals surface area (Å²) in [5.74, 6) is -0.146. The smallest absolute Gasteiger partial charge is 0.319 e. The molecule has 3 aromatic carbocycles. The van der Waals surface area contributed by atoms with E-state index >= 15 is 0 Å². The zero-order valence-electron chi connectivity index (χ0n) is 17.1. The van der Waals surface area contributed by atoms with Crippen LogP contribution in [0.4, 0.5) is 21.9 Å². The van der Waals surface area contributed by atoms with E-state index in [0.29, 0.717) is 29.2 Å². The number of hydrogen-bond acceptors (Lipinski definition) is 4. The largest absolute Gasteiger partial charge is 0.399 e. The standard InChI is InChI=1S/C24H25N5O2/c25-20-6-8-21(9-7-20)29-24(31)27-14-16-2-1-3-22(12-16)28-23(30)18-4-5-19-15-26-11-10-17(19)13-18/h1-9,12-13,26H,10-11,14-15,25H2,(H,28,30)(H2,27,29,31). The zero-order chi connectivity index (χ0) is 21.6. The van der Waals surface area contributed by atoms with Gasteiger partial charge in [-0.05, 0) is 78.2 Å². The second-order valence-corrected chi connectivity index (χ2v) is 7.49. The lowest BCUT2D eigenvalue weighted by atomic mass is 9.98. The van der Waals surface area contributed by atoms with Crippen LogP contribution in [0, 0.1) is 0 Å². The van der Waals surface area contributed by atoms with Crippen LogP contribution in [0.25, 0.3) is 0 Å². The number of carbonyl (C=O) groups excluding carboxylic acids is 2. The molecule has 4 rings (SSSR count). The van der Waals surface area contributed by atoms with Crippen molar-refractivity contribution in [3.63, 3.8) is 0 Å². The lowest BCUT2D eigenvalue weighted by Gasteiger charge is -2.17. The topological polar surface area (TPSA) is 108 Å². The van der Waals surface area contributed by atoms with E-state index in [1.807, 2.05) is 42.5 Å². The third-order valence-electron chi connectivity index (χ3n) is 5.16. The van der Waals surface area contributed by atoms with Crippen molar-refractivity contribution in [3.8, 4) is 0 Å². The predicted molar refractivity (Wildman–Crippen MR) is 123 cm³/mol. The van der Waals surface area contributed by atoms with Crippen LogP contribution in [0.1, 0.15) is 27.0 Å². The number of urea groups is 1. The average Bonchev–Trinajstić information content (AvgIpc) is 2.79. The van der Waals surface area contributed by atoms with Crippen LogP contribution in [-0.2, 0) is 19.5 Å². The molecule has 1 heterocycles. The number of nitrogens with one attached hydrogen (secondary N) is 4. The van der Waals surface area contributed by atoms with Crippen LogP contribution in [0.2, 0.25) is 0 Å². The molecule has 1 aliphatic rings. The Kier molecular flexibility index (Phi) is 6.14. The van der Waals surface area contributed by atoms with Crippen LogP contribution in [-0.4, -0.2) is 18.5 Å². The third kappa shape index (κ3) is 5.40. The summed E-state index contributed by atoms with van der Waals surface area (Å²) in [5.41, 5.74) is 11.6. The summed E-state index contributed by atoms with van der Waals surface area (Å²) >= 11 is 0. The molecule has 0 radical (unpaired) electrons. The number of anilines is 3. The Morgan fingerprint density at radius 1 is 0.903 bits per heavy atom. The van der Waals surface area contributed by atoms with Crippen LogP contribution >= 0.6 is 0 Å². The summed E-state index contributed by atoms with van der Waals surface area (Å²) < 4.78 is 0. The molecule has 1 aliphatic heterocycles. The highest BCUT2D eigenvalue weighted by Crippen LogP contribution is 2.18. The summed E-state index contributed by atoms with van der Waals surface area (Å²) in [7, 11) is 0. The van der Waals surface area contributed by atoms with E-state index < -0.39 is 0 Å². The Balaban J connectivity index is 1.34. The summed E-state index contributed by atoms with van der Waals surface area (Å²) in [4.78, 5) is 24.8. The number of carbonyl (C=O) groups is 2. The number of amides is 3. The fourth-order valence-corrected chi connectivity index (χ4v) is 3.50. The minimum absolute atomic E-state index is 0.146. The molecule has 0 atom stereocenters. The van der Waals surface area contributed by atoms with Crippen LogP contribution in [0.3, 0.4) is 0 Å². The Morgan fingerprint density at radius 2 is 1.74 bits per heavy atom. The lowest BCUT2D eigenvalue weighted by Crippen LogP contribution is -2.28. The normalized spacial score (nSPS) is 12.5. The highest BCUT2D eigenvalue weighted by atomic mass is 16.2. The van der Waals surface area contributed by atoms with E-state index in [2.05, 4.69) is 21.3 Å². The summed E-state index contributed by atoms with van der Waals surface area (Å²) in [5, 5.41) is 11.8. The maximum atomic E-state index is 12.7. The molecule has 0 aromatic heterocycles. The number of benzene rings is 3. The molecule has 6 N–H and O–H groups in total. The van der Waals surface area contributed by atoms with Gasteiger partial charge in [-0.2, -0.15) is 0 Å². The molecule has 31 heavy (non-hydrogen) atoms. The maximum Gasteiger partial charge on any atom is 0.319 e. The van der Waals surface area contributed by atoms with Crippen molar-refractivity contribution in [3.05, 3.63) is 89.0 Å². The van der Waals surface area contributed by atoms with E-state index in [0.717, 1.165) is 25.1 Å². The number of fused-ring (bicyclic) bond motifs is 1. The molecule has 0 fully saturated rings. The number of nitrogen functional groups attached to an aromatic ring is 1. The molecule has 7 heteroatoms. The lowest BCUT2D eigenvalue weighted by molar-refractivity contribution is 0.102. The second kappa shape index (κ2) is 9.32. The van der Waals surface area contributed by atoms with Crippen molar-refractivity contribution in [2.45, 2.75) is 19.5 Å². The number of hydrogen-bond donors (Lipinski definition) is 5. The van der Waals surface area contributed by atoms with Gasteiger partial charge in [0, 0.05) is 35.7 Å². The van der Waals surface area contributed by atoms with Crippen molar-refractivity contribution in [1.29, 1.82) is 0 Å². The van der Waals surface area contributed by atoms with E-state index in [1.165, 1.54) is 11.1 Å². The second-order valence-electron chi connectivity index (χ2n) is 7.49. The summed E-state index contributed by atoms with van der Waals surface area (Å²) in [6.45, 7) is 2.10. The first-order chi connectivity index (χ1) is 15.1. The quantitative estimate of drug-likeness (QED) is 0.411. The van der Waals surface area contributed by atoms with E-state index in [-0.39, 0.29) is 11.9 Å². The predicted octanol–water partition coefficient (Wildman–Crippen LogP) is 3.49. The van der Waals surface area contributed by atoms with Crippen molar-refractivity contribution in [2.24, 2.45) is 0 Å². The molecule has 0 saturated heterocycles. The molecule has 3 amide bonds. The molecule has 0 unspecified atom stereocenters. The fraction of sp³-hybridized carbons (Fsp3) is 0.167. The van der Waals surface area contributed by atoms with Gasteiger partial charge < -0.3 is 27.0 Å². The Hall–Kier alpha value is -3.84. The Morgan fingerprint density at radius 3 is 2.58 bits per heavy atom.